The van der Waals surface area contributed by atoms with Crippen LogP contribution in [-0.2, 0) is 4.79 Å². The number of anilines is 1. The molecule has 0 bridgehead atoms. The first-order valence-corrected chi connectivity index (χ1v) is 10.4. The summed E-state index contributed by atoms with van der Waals surface area (Å²) >= 11 is 6.02. The Kier molecular flexibility index (Phi) is 8.81. The molecule has 0 saturated carbocycles. The van der Waals surface area contributed by atoms with Gasteiger partial charge in [0, 0.05) is 38.0 Å². The Morgan fingerprint density at radius 3 is 2.42 bits per heavy atom. The zero-order valence-corrected chi connectivity index (χ0v) is 18.6. The second-order valence-corrected chi connectivity index (χ2v) is 7.93. The maximum absolute atomic E-state index is 12.6. The molecule has 1 atom stereocenters. The number of hydrogen-bond acceptors (Lipinski definition) is 5. The quantitative estimate of drug-likeness (QED) is 0.329. The Hall–Kier alpha value is -3.13. The number of nitro benzene ring substituents is 1. The van der Waals surface area contributed by atoms with Crippen LogP contribution in [0.15, 0.2) is 48.5 Å². The highest BCUT2D eigenvalue weighted by Gasteiger charge is 2.25. The largest absolute Gasteiger partial charge is 0.375 e. The maximum atomic E-state index is 12.6. The van der Waals surface area contributed by atoms with Gasteiger partial charge in [-0.3, -0.25) is 19.7 Å². The van der Waals surface area contributed by atoms with Crippen LogP contribution < -0.4 is 15.5 Å². The highest BCUT2D eigenvalue weighted by Crippen LogP contribution is 2.22. The van der Waals surface area contributed by atoms with Crippen LogP contribution in [0.5, 0.6) is 0 Å². The van der Waals surface area contributed by atoms with E-state index in [1.54, 1.807) is 0 Å². The number of para-hydroxylation sites is 1. The maximum Gasteiger partial charge on any atom is 0.270 e. The second-order valence-electron chi connectivity index (χ2n) is 7.52. The molecule has 2 aromatic rings. The van der Waals surface area contributed by atoms with Gasteiger partial charge in [0.25, 0.3) is 11.6 Å². The van der Waals surface area contributed by atoms with Crippen molar-refractivity contribution in [3.8, 4) is 0 Å². The summed E-state index contributed by atoms with van der Waals surface area (Å²) in [4.78, 5) is 37.6. The van der Waals surface area contributed by atoms with Gasteiger partial charge in [-0.1, -0.05) is 43.6 Å². The van der Waals surface area contributed by atoms with Gasteiger partial charge in [-0.05, 0) is 30.5 Å². The number of non-ortho nitro benzene ring substituents is 1. The van der Waals surface area contributed by atoms with Crippen molar-refractivity contribution in [2.45, 2.75) is 26.3 Å². The minimum atomic E-state index is -0.759. The molecule has 0 aliphatic rings. The number of nitro groups is 1. The molecular formula is C22H27ClN4O4. The molecule has 31 heavy (non-hydrogen) atoms. The van der Waals surface area contributed by atoms with Gasteiger partial charge in [-0.2, -0.15) is 0 Å². The van der Waals surface area contributed by atoms with E-state index < -0.39 is 16.9 Å². The minimum Gasteiger partial charge on any atom is -0.375 e. The van der Waals surface area contributed by atoms with Crippen molar-refractivity contribution in [1.29, 1.82) is 0 Å². The average Bonchev–Trinajstić information content (AvgIpc) is 2.74. The predicted octanol–water partition coefficient (Wildman–Crippen LogP) is 3.65. The first-order chi connectivity index (χ1) is 14.7. The Labute approximate surface area is 186 Å². The number of carbonyl (C=O) groups is 2. The van der Waals surface area contributed by atoms with Crippen LogP contribution in [0.1, 0.15) is 30.6 Å². The van der Waals surface area contributed by atoms with Crippen molar-refractivity contribution in [3.63, 3.8) is 0 Å². The zero-order chi connectivity index (χ0) is 23.0. The molecule has 2 aromatic carbocycles. The average molecular weight is 447 g/mol. The van der Waals surface area contributed by atoms with E-state index in [2.05, 4.69) is 15.5 Å². The van der Waals surface area contributed by atoms with Crippen LogP contribution in [0.3, 0.4) is 0 Å². The highest BCUT2D eigenvalue weighted by atomic mass is 35.5. The smallest absolute Gasteiger partial charge is 0.270 e. The van der Waals surface area contributed by atoms with Gasteiger partial charge in [0.1, 0.15) is 6.04 Å². The number of benzene rings is 2. The van der Waals surface area contributed by atoms with E-state index in [0.29, 0.717) is 6.54 Å². The number of nitrogens with one attached hydrogen (secondary N) is 2. The lowest BCUT2D eigenvalue weighted by molar-refractivity contribution is -0.384. The molecule has 166 valence electrons. The first kappa shape index (κ1) is 24.1. The second kappa shape index (κ2) is 11.3. The lowest BCUT2D eigenvalue weighted by Gasteiger charge is -2.23. The molecule has 0 heterocycles. The number of carbonyl (C=O) groups excluding carboxylic acids is 2. The Morgan fingerprint density at radius 1 is 1.16 bits per heavy atom. The fraction of sp³-hybridized carbons (Fsp3) is 0.364. The molecule has 8 nitrogen and oxygen atoms in total. The SMILES string of the molecule is CC(C)C(NC(=O)c1ccc([N+](=O)[O-])cc1Cl)C(=O)NCCCN(C)c1ccccc1. The van der Waals surface area contributed by atoms with Gasteiger partial charge in [-0.15, -0.1) is 0 Å². The van der Waals surface area contributed by atoms with E-state index in [1.165, 1.54) is 12.1 Å². The molecule has 0 aliphatic heterocycles. The van der Waals surface area contributed by atoms with Gasteiger partial charge in [0.15, 0.2) is 0 Å². The van der Waals surface area contributed by atoms with E-state index >= 15 is 0 Å². The van der Waals surface area contributed by atoms with Crippen molar-refractivity contribution < 1.29 is 14.5 Å². The van der Waals surface area contributed by atoms with Crippen LogP contribution in [0.25, 0.3) is 0 Å². The first-order valence-electron chi connectivity index (χ1n) is 9.99. The molecule has 1 unspecified atom stereocenters. The summed E-state index contributed by atoms with van der Waals surface area (Å²) < 4.78 is 0. The minimum absolute atomic E-state index is 0.0430. The van der Waals surface area contributed by atoms with Crippen molar-refractivity contribution in [3.05, 3.63) is 69.2 Å². The summed E-state index contributed by atoms with van der Waals surface area (Å²) in [6, 6.07) is 12.8. The van der Waals surface area contributed by atoms with E-state index in [0.717, 1.165) is 24.7 Å². The summed E-state index contributed by atoms with van der Waals surface area (Å²) in [6.07, 6.45) is 0.740. The number of amides is 2. The highest BCUT2D eigenvalue weighted by molar-refractivity contribution is 6.34. The molecule has 2 rings (SSSR count). The summed E-state index contributed by atoms with van der Waals surface area (Å²) in [5.41, 5.74) is 0.969. The van der Waals surface area contributed by atoms with Crippen LogP contribution >= 0.6 is 11.6 Å². The molecule has 0 radical (unpaired) electrons. The van der Waals surface area contributed by atoms with E-state index in [-0.39, 0.29) is 28.1 Å². The number of hydrogen-bond donors (Lipinski definition) is 2. The van der Waals surface area contributed by atoms with Gasteiger partial charge < -0.3 is 15.5 Å². The molecular weight excluding hydrogens is 420 g/mol. The van der Waals surface area contributed by atoms with Crippen molar-refractivity contribution in [2.75, 3.05) is 25.0 Å². The van der Waals surface area contributed by atoms with Crippen molar-refractivity contribution in [1.82, 2.24) is 10.6 Å². The van der Waals surface area contributed by atoms with Crippen LogP contribution in [-0.4, -0.2) is 42.9 Å². The summed E-state index contributed by atoms with van der Waals surface area (Å²) in [5, 5.41) is 16.3. The van der Waals surface area contributed by atoms with E-state index in [1.807, 2.05) is 51.2 Å². The normalized spacial score (nSPS) is 11.6. The molecule has 0 aromatic heterocycles. The molecule has 2 amide bonds. The van der Waals surface area contributed by atoms with Crippen molar-refractivity contribution in [2.24, 2.45) is 5.92 Å². The standard InChI is InChI=1S/C22H27ClN4O4/c1-15(2)20(25-21(28)18-11-10-17(27(30)31)14-19(18)23)22(29)24-12-7-13-26(3)16-8-5-4-6-9-16/h4-6,8-11,14-15,20H,7,12-13H2,1-3H3,(H,24,29)(H,25,28). The van der Waals surface area contributed by atoms with E-state index in [9.17, 15) is 19.7 Å². The summed E-state index contributed by atoms with van der Waals surface area (Å²) in [6.45, 7) is 4.88. The predicted molar refractivity (Wildman–Crippen MR) is 122 cm³/mol. The van der Waals surface area contributed by atoms with Crippen LogP contribution in [0, 0.1) is 16.0 Å². The molecule has 9 heteroatoms. The molecule has 2 N–H and O–H groups in total. The number of rotatable bonds is 10. The zero-order valence-electron chi connectivity index (χ0n) is 17.8. The summed E-state index contributed by atoms with van der Waals surface area (Å²) in [7, 11) is 1.99. The topological polar surface area (TPSA) is 105 Å². The number of nitrogens with zero attached hydrogens (tertiary/aromatic N) is 2. The third-order valence-electron chi connectivity index (χ3n) is 4.81. The van der Waals surface area contributed by atoms with Crippen LogP contribution in [0.4, 0.5) is 11.4 Å². The van der Waals surface area contributed by atoms with Gasteiger partial charge >= 0.3 is 0 Å². The monoisotopic (exact) mass is 446 g/mol. The van der Waals surface area contributed by atoms with Crippen LogP contribution in [0.2, 0.25) is 5.02 Å². The fourth-order valence-corrected chi connectivity index (χ4v) is 3.27. The summed E-state index contributed by atoms with van der Waals surface area (Å²) in [5.74, 6) is -1.01. The molecule has 0 saturated heterocycles. The third-order valence-corrected chi connectivity index (χ3v) is 5.12. The van der Waals surface area contributed by atoms with E-state index in [4.69, 9.17) is 11.6 Å². The van der Waals surface area contributed by atoms with Gasteiger partial charge in [-0.25, -0.2) is 0 Å². The lowest BCUT2D eigenvalue weighted by Crippen LogP contribution is -2.50. The molecule has 0 aliphatic carbocycles. The Morgan fingerprint density at radius 2 is 1.84 bits per heavy atom. The molecule has 0 spiro atoms. The lowest BCUT2D eigenvalue weighted by atomic mass is 10.0. The molecule has 0 fully saturated rings. The van der Waals surface area contributed by atoms with Gasteiger partial charge in [0.05, 0.1) is 15.5 Å². The van der Waals surface area contributed by atoms with Gasteiger partial charge in [0.2, 0.25) is 5.91 Å². The third kappa shape index (κ3) is 6.96. The Bertz CT molecular complexity index is 921. The fourth-order valence-electron chi connectivity index (χ4n) is 3.01. The Balaban J connectivity index is 1.90. The number of halogens is 1. The van der Waals surface area contributed by atoms with Crippen molar-refractivity contribution >= 4 is 34.8 Å².